The molecule has 1 atom stereocenters. The van der Waals surface area contributed by atoms with E-state index in [0.717, 1.165) is 44.9 Å². The molecule has 0 aliphatic heterocycles. The molecule has 0 saturated heterocycles. The van der Waals surface area contributed by atoms with Crippen LogP contribution in [0.15, 0.2) is 59.3 Å². The maximum atomic E-state index is 11.3. The van der Waals surface area contributed by atoms with Crippen LogP contribution in [0, 0.1) is 5.41 Å². The molecule has 4 heteroatoms. The zero-order valence-corrected chi connectivity index (χ0v) is 22.9. The van der Waals surface area contributed by atoms with Crippen molar-refractivity contribution in [3.8, 4) is 0 Å². The Morgan fingerprint density at radius 1 is 1.00 bits per heavy atom. The first-order valence-corrected chi connectivity index (χ1v) is 12.6. The highest BCUT2D eigenvalue weighted by molar-refractivity contribution is 5.69. The van der Waals surface area contributed by atoms with Gasteiger partial charge in [0.15, 0.2) is 0 Å². The van der Waals surface area contributed by atoms with Crippen LogP contribution in [0.5, 0.6) is 0 Å². The molecule has 0 rings (SSSR count). The molecule has 0 saturated carbocycles. The number of allylic oxidation sites excluding steroid dienone is 8. The molecule has 0 spiro atoms. The molecular weight excluding hydrogens is 424 g/mol. The normalized spacial score (nSPS) is 13.8. The third-order valence-corrected chi connectivity index (χ3v) is 5.82. The van der Waals surface area contributed by atoms with Crippen molar-refractivity contribution in [2.24, 2.45) is 5.41 Å². The number of aliphatic hydroxyl groups excluding tert-OH is 1. The van der Waals surface area contributed by atoms with Crippen molar-refractivity contribution in [3.63, 3.8) is 0 Å². The van der Waals surface area contributed by atoms with E-state index >= 15 is 0 Å². The largest absolute Gasteiger partial charge is 0.469 e. The van der Waals surface area contributed by atoms with Gasteiger partial charge in [-0.2, -0.15) is 0 Å². The van der Waals surface area contributed by atoms with E-state index in [2.05, 4.69) is 77.2 Å². The molecule has 0 bridgehead atoms. The highest BCUT2D eigenvalue weighted by atomic mass is 16.5. The fourth-order valence-corrected chi connectivity index (χ4v) is 3.28. The number of carbonyl (C=O) groups is 1. The van der Waals surface area contributed by atoms with Gasteiger partial charge in [-0.25, -0.2) is 0 Å². The molecular formula is C30H50O4. The minimum absolute atomic E-state index is 0.0658. The predicted octanol–water partition coefficient (Wildman–Crippen LogP) is 7.66. The minimum atomic E-state index is -0.520. The molecule has 0 aromatic heterocycles. The zero-order chi connectivity index (χ0) is 26.0. The molecule has 4 nitrogen and oxygen atoms in total. The number of hydrogen-bond donors (Lipinski definition) is 1. The van der Waals surface area contributed by atoms with Gasteiger partial charge in [0, 0.05) is 0 Å². The summed E-state index contributed by atoms with van der Waals surface area (Å²) in [7, 11) is 1.33. The van der Waals surface area contributed by atoms with E-state index in [0.29, 0.717) is 6.61 Å². The molecule has 0 heterocycles. The topological polar surface area (TPSA) is 55.8 Å². The molecule has 1 unspecified atom stereocenters. The van der Waals surface area contributed by atoms with E-state index in [-0.39, 0.29) is 24.4 Å². The van der Waals surface area contributed by atoms with E-state index in [4.69, 9.17) is 4.74 Å². The van der Waals surface area contributed by atoms with Gasteiger partial charge in [0.2, 0.25) is 0 Å². The van der Waals surface area contributed by atoms with Crippen molar-refractivity contribution in [2.75, 3.05) is 20.3 Å². The van der Waals surface area contributed by atoms with Gasteiger partial charge < -0.3 is 14.6 Å². The Morgan fingerprint density at radius 2 is 1.65 bits per heavy atom. The molecule has 0 aromatic carbocycles. The average molecular weight is 475 g/mol. The number of rotatable bonds is 18. The number of hydrogen-bond acceptors (Lipinski definition) is 4. The number of aliphatic hydroxyl groups is 1. The monoisotopic (exact) mass is 474 g/mol. The second-order valence-electron chi connectivity index (χ2n) is 10.2. The maximum Gasteiger partial charge on any atom is 0.308 e. The fourth-order valence-electron chi connectivity index (χ4n) is 3.28. The molecule has 0 aliphatic carbocycles. The number of methoxy groups -OCH3 is 1. The van der Waals surface area contributed by atoms with Gasteiger partial charge in [0.05, 0.1) is 32.8 Å². The Bertz CT molecular complexity index is 718. The first kappa shape index (κ1) is 32.1. The van der Waals surface area contributed by atoms with Crippen molar-refractivity contribution in [1.82, 2.24) is 0 Å². The lowest BCUT2D eigenvalue weighted by atomic mass is 9.85. The summed E-state index contributed by atoms with van der Waals surface area (Å²) >= 11 is 0. The van der Waals surface area contributed by atoms with Crippen LogP contribution in [0.3, 0.4) is 0 Å². The van der Waals surface area contributed by atoms with E-state index in [1.165, 1.54) is 29.4 Å². The fraction of sp³-hybridized carbons (Fsp3) is 0.633. The Balaban J connectivity index is 4.28. The summed E-state index contributed by atoms with van der Waals surface area (Å²) in [6.07, 6.45) is 18.1. The molecule has 34 heavy (non-hydrogen) atoms. The minimum Gasteiger partial charge on any atom is -0.469 e. The lowest BCUT2D eigenvalue weighted by Gasteiger charge is -2.20. The van der Waals surface area contributed by atoms with E-state index in [9.17, 15) is 9.90 Å². The summed E-state index contributed by atoms with van der Waals surface area (Å²) < 4.78 is 10.2. The molecule has 1 N–H and O–H groups in total. The van der Waals surface area contributed by atoms with Crippen molar-refractivity contribution < 1.29 is 19.4 Å². The Kier molecular flexibility index (Phi) is 17.4. The Labute approximate surface area is 209 Å². The van der Waals surface area contributed by atoms with Crippen LogP contribution >= 0.6 is 0 Å². The third-order valence-electron chi connectivity index (χ3n) is 5.82. The molecule has 0 amide bonds. The van der Waals surface area contributed by atoms with Crippen LogP contribution in [0.1, 0.15) is 92.9 Å². The molecule has 194 valence electrons. The number of ether oxygens (including phenoxy) is 2. The van der Waals surface area contributed by atoms with Crippen LogP contribution in [0.25, 0.3) is 0 Å². The van der Waals surface area contributed by atoms with Crippen LogP contribution in [-0.2, 0) is 14.3 Å². The summed E-state index contributed by atoms with van der Waals surface area (Å²) in [6.45, 7) is 17.6. The predicted molar refractivity (Wildman–Crippen MR) is 145 cm³/mol. The molecule has 0 radical (unpaired) electrons. The van der Waals surface area contributed by atoms with Crippen molar-refractivity contribution in [3.05, 3.63) is 59.3 Å². The van der Waals surface area contributed by atoms with Gasteiger partial charge in [0.1, 0.15) is 0 Å². The van der Waals surface area contributed by atoms with Gasteiger partial charge in [-0.3, -0.25) is 4.79 Å². The number of esters is 1. The molecule has 0 aliphatic rings. The summed E-state index contributed by atoms with van der Waals surface area (Å²) in [6, 6.07) is 0. The van der Waals surface area contributed by atoms with Gasteiger partial charge in [-0.1, -0.05) is 73.1 Å². The number of carbonyl (C=O) groups excluding carboxylic acids is 1. The smallest absolute Gasteiger partial charge is 0.308 e. The first-order valence-electron chi connectivity index (χ1n) is 12.6. The van der Waals surface area contributed by atoms with Crippen LogP contribution in [-0.4, -0.2) is 37.5 Å². The van der Waals surface area contributed by atoms with E-state index in [1.54, 1.807) is 0 Å². The Hall–Kier alpha value is -1.91. The van der Waals surface area contributed by atoms with Gasteiger partial charge in [-0.05, 0) is 78.1 Å². The molecule has 0 aromatic rings. The second kappa shape index (κ2) is 18.4. The third kappa shape index (κ3) is 18.5. The maximum absolute atomic E-state index is 11.3. The van der Waals surface area contributed by atoms with Crippen LogP contribution in [0.4, 0.5) is 0 Å². The molecule has 0 fully saturated rings. The summed E-state index contributed by atoms with van der Waals surface area (Å²) in [5, 5.41) is 9.29. The van der Waals surface area contributed by atoms with Crippen LogP contribution in [0.2, 0.25) is 0 Å². The summed E-state index contributed by atoms with van der Waals surface area (Å²) in [5.41, 5.74) is 5.51. The average Bonchev–Trinajstić information content (AvgIpc) is 2.78. The second-order valence-corrected chi connectivity index (χ2v) is 10.2. The lowest BCUT2D eigenvalue weighted by molar-refractivity contribution is -0.144. The quantitative estimate of drug-likeness (QED) is 0.164. The zero-order valence-electron chi connectivity index (χ0n) is 22.9. The Morgan fingerprint density at radius 3 is 2.26 bits per heavy atom. The highest BCUT2D eigenvalue weighted by Gasteiger charge is 2.14. The van der Waals surface area contributed by atoms with Gasteiger partial charge in [-0.15, -0.1) is 0 Å². The first-order chi connectivity index (χ1) is 16.0. The standard InChI is InChI=1S/C30H50O4/c1-24(2)12-11-14-25(3)15-16-27(5)17-20-30(6,7)19-10-9-13-26(4)18-21-34-28(23-31)22-29(32)33-8/h10,12,15,18-19,28,31H,5,9,11,13-14,16-17,20-23H2,1-4,6-8H3. The van der Waals surface area contributed by atoms with Gasteiger partial charge >= 0.3 is 5.97 Å². The highest BCUT2D eigenvalue weighted by Crippen LogP contribution is 2.27. The van der Waals surface area contributed by atoms with Crippen molar-refractivity contribution in [1.29, 1.82) is 0 Å². The van der Waals surface area contributed by atoms with Crippen molar-refractivity contribution in [2.45, 2.75) is 99.0 Å². The van der Waals surface area contributed by atoms with E-state index in [1.807, 2.05) is 6.08 Å². The van der Waals surface area contributed by atoms with E-state index < -0.39 is 6.10 Å². The van der Waals surface area contributed by atoms with Crippen LogP contribution < -0.4 is 0 Å². The summed E-state index contributed by atoms with van der Waals surface area (Å²) in [5.74, 6) is -0.377. The van der Waals surface area contributed by atoms with Gasteiger partial charge in [0.25, 0.3) is 0 Å². The summed E-state index contributed by atoms with van der Waals surface area (Å²) in [4.78, 5) is 11.3. The lowest BCUT2D eigenvalue weighted by Crippen LogP contribution is -2.22. The van der Waals surface area contributed by atoms with Crippen molar-refractivity contribution >= 4 is 5.97 Å². The SMILES string of the molecule is C=C(CC=C(C)CCC=C(C)C)CCC(C)(C)C=CCCC(C)=CCOC(CO)CC(=O)OC.